The van der Waals surface area contributed by atoms with Crippen LogP contribution in [0.5, 0.6) is 0 Å². The summed E-state index contributed by atoms with van der Waals surface area (Å²) in [6, 6.07) is 43.4. The number of allylic oxidation sites excluding steroid dienone is 4. The summed E-state index contributed by atoms with van der Waals surface area (Å²) in [5.74, 6) is 0. The van der Waals surface area contributed by atoms with Gasteiger partial charge in [-0.05, 0) is 60.4 Å². The summed E-state index contributed by atoms with van der Waals surface area (Å²) >= 11 is 0. The van der Waals surface area contributed by atoms with E-state index in [2.05, 4.69) is 149 Å². The highest BCUT2D eigenvalue weighted by molar-refractivity contribution is 6.11. The minimum Gasteiger partial charge on any atom is -0.456 e. The van der Waals surface area contributed by atoms with Gasteiger partial charge in [-0.25, -0.2) is 0 Å². The fourth-order valence-corrected chi connectivity index (χ4v) is 7.93. The van der Waals surface area contributed by atoms with Crippen molar-refractivity contribution >= 4 is 67.2 Å². The topological polar surface area (TPSA) is 23.0 Å². The molecule has 3 aromatic heterocycles. The Kier molecular flexibility index (Phi) is 5.47. The van der Waals surface area contributed by atoms with Crippen LogP contribution in [0.15, 0.2) is 138 Å². The molecule has 46 heavy (non-hydrogen) atoms. The highest BCUT2D eigenvalue weighted by Crippen LogP contribution is 2.43. The van der Waals surface area contributed by atoms with E-state index < -0.39 is 0 Å². The lowest BCUT2D eigenvalue weighted by atomic mass is 9.95. The van der Waals surface area contributed by atoms with Crippen LogP contribution in [0.2, 0.25) is 0 Å². The summed E-state index contributed by atoms with van der Waals surface area (Å²) in [5.41, 5.74) is 14.8. The summed E-state index contributed by atoms with van der Waals surface area (Å²) in [7, 11) is 0. The molecule has 8 aromatic rings. The summed E-state index contributed by atoms with van der Waals surface area (Å²) in [6.07, 6.45) is 12.2. The van der Waals surface area contributed by atoms with E-state index in [1.165, 1.54) is 61.2 Å². The van der Waals surface area contributed by atoms with Crippen LogP contribution in [0.3, 0.4) is 0 Å². The maximum absolute atomic E-state index is 6.36. The molecule has 0 N–H and O–H groups in total. The molecule has 0 unspecified atom stereocenters. The lowest BCUT2D eigenvalue weighted by Crippen LogP contribution is -2.09. The average Bonchev–Trinajstić information content (AvgIpc) is 3.70. The molecule has 10 rings (SSSR count). The van der Waals surface area contributed by atoms with E-state index >= 15 is 0 Å². The number of aromatic nitrogens is 2. The Labute approximate surface area is 266 Å². The van der Waals surface area contributed by atoms with Crippen LogP contribution >= 0.6 is 0 Å². The molecule has 0 saturated carbocycles. The van der Waals surface area contributed by atoms with Gasteiger partial charge in [0.05, 0.1) is 22.1 Å². The SMILES string of the molecule is C1=Cc2c(n(-c3cccc4oc5ccccc5c34)c3ccccc23)Cc2c1c1ccccc1n2C1=CC=C(c2ccccc2)CC1. The van der Waals surface area contributed by atoms with Crippen molar-refractivity contribution in [2.45, 2.75) is 19.3 Å². The molecule has 0 fully saturated rings. The van der Waals surface area contributed by atoms with E-state index in [1.807, 2.05) is 6.07 Å². The molecule has 3 nitrogen and oxygen atoms in total. The average molecular weight is 591 g/mol. The number of furan rings is 1. The molecule has 0 amide bonds. The third-order valence-electron chi connectivity index (χ3n) is 9.96. The number of nitrogens with zero attached hydrogens (tertiary/aromatic N) is 2. The molecule has 0 aliphatic heterocycles. The lowest BCUT2D eigenvalue weighted by molar-refractivity contribution is 0.669. The van der Waals surface area contributed by atoms with E-state index in [4.69, 9.17) is 4.42 Å². The molecule has 0 radical (unpaired) electrons. The molecule has 0 bridgehead atoms. The maximum Gasteiger partial charge on any atom is 0.137 e. The van der Waals surface area contributed by atoms with Gasteiger partial charge in [-0.3, -0.25) is 0 Å². The molecular formula is C43H30N2O. The summed E-state index contributed by atoms with van der Waals surface area (Å²) in [4.78, 5) is 0. The standard InChI is InChI=1S/C43H30N2O/c1-2-11-28(12-3-1)29-21-23-30(24-22-29)44-36-16-7-4-13-31(36)33-25-26-34-32-14-5-8-17-37(32)45(40(34)27-39(33)44)38-18-10-20-42-43(38)35-15-6-9-19-41(35)46-42/h1-21,23,25-26H,22,24,27H2. The molecule has 2 aliphatic carbocycles. The first-order valence-corrected chi connectivity index (χ1v) is 16.1. The van der Waals surface area contributed by atoms with Crippen molar-refractivity contribution in [3.8, 4) is 5.69 Å². The Morgan fingerprint density at radius 2 is 1.13 bits per heavy atom. The van der Waals surface area contributed by atoms with E-state index in [0.717, 1.165) is 46.9 Å². The van der Waals surface area contributed by atoms with Gasteiger partial charge in [0.25, 0.3) is 0 Å². The Balaban J connectivity index is 1.23. The van der Waals surface area contributed by atoms with E-state index in [9.17, 15) is 0 Å². The van der Waals surface area contributed by atoms with Gasteiger partial charge >= 0.3 is 0 Å². The van der Waals surface area contributed by atoms with Crippen molar-refractivity contribution in [2.24, 2.45) is 0 Å². The fraction of sp³-hybridized carbons (Fsp3) is 0.0698. The highest BCUT2D eigenvalue weighted by Gasteiger charge is 2.27. The quantitative estimate of drug-likeness (QED) is 0.201. The van der Waals surface area contributed by atoms with Crippen molar-refractivity contribution in [1.29, 1.82) is 0 Å². The van der Waals surface area contributed by atoms with Crippen LogP contribution in [-0.2, 0) is 6.42 Å². The predicted octanol–water partition coefficient (Wildman–Crippen LogP) is 11.3. The Hall–Kier alpha value is -5.80. The van der Waals surface area contributed by atoms with Gasteiger partial charge in [0, 0.05) is 50.8 Å². The van der Waals surface area contributed by atoms with Crippen LogP contribution < -0.4 is 0 Å². The lowest BCUT2D eigenvalue weighted by Gasteiger charge is -2.20. The number of hydrogen-bond donors (Lipinski definition) is 0. The van der Waals surface area contributed by atoms with Gasteiger partial charge in [0.15, 0.2) is 0 Å². The van der Waals surface area contributed by atoms with Gasteiger partial charge in [0.2, 0.25) is 0 Å². The first-order valence-electron chi connectivity index (χ1n) is 16.1. The normalized spacial score (nSPS) is 14.4. The van der Waals surface area contributed by atoms with Crippen LogP contribution in [0.4, 0.5) is 0 Å². The third-order valence-corrected chi connectivity index (χ3v) is 9.96. The zero-order valence-electron chi connectivity index (χ0n) is 25.3. The van der Waals surface area contributed by atoms with Crippen molar-refractivity contribution in [3.63, 3.8) is 0 Å². The molecule has 0 atom stereocenters. The molecule has 5 aromatic carbocycles. The number of benzene rings is 5. The van der Waals surface area contributed by atoms with Crippen molar-refractivity contribution in [2.75, 3.05) is 0 Å². The number of rotatable bonds is 3. The van der Waals surface area contributed by atoms with Gasteiger partial charge < -0.3 is 13.6 Å². The minimum absolute atomic E-state index is 0.805. The highest BCUT2D eigenvalue weighted by atomic mass is 16.3. The molecule has 0 saturated heterocycles. The Bertz CT molecular complexity index is 2600. The summed E-state index contributed by atoms with van der Waals surface area (Å²) in [6.45, 7) is 0. The van der Waals surface area contributed by atoms with Crippen molar-refractivity contribution in [3.05, 3.63) is 162 Å². The second kappa shape index (κ2) is 9.85. The van der Waals surface area contributed by atoms with Crippen molar-refractivity contribution < 1.29 is 4.42 Å². The van der Waals surface area contributed by atoms with E-state index in [-0.39, 0.29) is 0 Å². The van der Waals surface area contributed by atoms with Crippen LogP contribution in [-0.4, -0.2) is 9.13 Å². The molecular weight excluding hydrogens is 560 g/mol. The van der Waals surface area contributed by atoms with E-state index in [1.54, 1.807) is 0 Å². The number of fused-ring (bicyclic) bond motifs is 9. The van der Waals surface area contributed by atoms with E-state index in [0.29, 0.717) is 0 Å². The molecule has 0 spiro atoms. The zero-order chi connectivity index (χ0) is 30.2. The van der Waals surface area contributed by atoms with Crippen LogP contribution in [0.1, 0.15) is 40.9 Å². The second-order valence-corrected chi connectivity index (χ2v) is 12.4. The Morgan fingerprint density at radius 3 is 1.87 bits per heavy atom. The number of para-hydroxylation sites is 3. The molecule has 3 heteroatoms. The zero-order valence-corrected chi connectivity index (χ0v) is 25.3. The maximum atomic E-state index is 6.36. The molecule has 218 valence electrons. The first kappa shape index (κ1) is 25.5. The Morgan fingerprint density at radius 1 is 0.500 bits per heavy atom. The summed E-state index contributed by atoms with van der Waals surface area (Å²) < 4.78 is 11.4. The van der Waals surface area contributed by atoms with Crippen molar-refractivity contribution in [1.82, 2.24) is 9.13 Å². The molecule has 3 heterocycles. The van der Waals surface area contributed by atoms with Gasteiger partial charge in [0.1, 0.15) is 11.2 Å². The van der Waals surface area contributed by atoms with Gasteiger partial charge in [-0.2, -0.15) is 0 Å². The fourth-order valence-electron chi connectivity index (χ4n) is 7.93. The largest absolute Gasteiger partial charge is 0.456 e. The first-order chi connectivity index (χ1) is 22.8. The minimum atomic E-state index is 0.805. The smallest absolute Gasteiger partial charge is 0.137 e. The van der Waals surface area contributed by atoms with Gasteiger partial charge in [-0.15, -0.1) is 0 Å². The van der Waals surface area contributed by atoms with Gasteiger partial charge in [-0.1, -0.05) is 109 Å². The predicted molar refractivity (Wildman–Crippen MR) is 192 cm³/mol. The monoisotopic (exact) mass is 590 g/mol. The summed E-state index contributed by atoms with van der Waals surface area (Å²) in [5, 5.41) is 4.87. The second-order valence-electron chi connectivity index (χ2n) is 12.4. The van der Waals surface area contributed by atoms with Crippen LogP contribution in [0, 0.1) is 0 Å². The van der Waals surface area contributed by atoms with Crippen LogP contribution in [0.25, 0.3) is 72.9 Å². The number of hydrogen-bond acceptors (Lipinski definition) is 1. The third kappa shape index (κ3) is 3.66. The molecule has 2 aliphatic rings.